The largest absolute Gasteiger partial charge is 0.490 e. The Labute approximate surface area is 276 Å². The van der Waals surface area contributed by atoms with E-state index >= 15 is 0 Å². The second-order valence-corrected chi connectivity index (χ2v) is 12.6. The number of ether oxygens (including phenoxy) is 4. The molecule has 2 aromatic carbocycles. The molecule has 0 saturated carbocycles. The Balaban J connectivity index is 1.38. The van der Waals surface area contributed by atoms with Crippen molar-refractivity contribution in [3.05, 3.63) is 77.6 Å². The van der Waals surface area contributed by atoms with Gasteiger partial charge in [-0.05, 0) is 88.2 Å². The fourth-order valence-electron chi connectivity index (χ4n) is 5.89. The first kappa shape index (κ1) is 34.2. The topological polar surface area (TPSA) is 123 Å². The summed E-state index contributed by atoms with van der Waals surface area (Å²) in [5, 5.41) is 13.1. The summed E-state index contributed by atoms with van der Waals surface area (Å²) in [7, 11) is 2.06. The highest BCUT2D eigenvalue weighted by atomic mass is 16.7. The van der Waals surface area contributed by atoms with Gasteiger partial charge in [-0.15, -0.1) is 0 Å². The number of nitrogens with zero attached hydrogens (tertiary/aromatic N) is 3. The predicted molar refractivity (Wildman–Crippen MR) is 178 cm³/mol. The standard InChI is InChI=1S/C36H46N4O7/c1-24-19-40(25(2)22-41)36(43)30-18-29(38-35(42)28-12-14-37-15-13-28)9-11-31(30)47-26(3)7-5-6-16-44-34(24)21-39(4)20-27-8-10-32-33(17-27)46-23-45-32/h8-15,17-18,24-26,34,41H,5-7,16,19-23H2,1-4H3,(H,38,42)/t24-,25+,26+,34-/m1/s1. The molecule has 3 heterocycles. The number of pyridine rings is 1. The van der Waals surface area contributed by atoms with Gasteiger partial charge in [-0.2, -0.15) is 0 Å². The van der Waals surface area contributed by atoms with Crippen molar-refractivity contribution >= 4 is 17.5 Å². The number of aliphatic hydroxyl groups excluding tert-OH is 1. The van der Waals surface area contributed by atoms with Gasteiger partial charge in [0.15, 0.2) is 11.5 Å². The van der Waals surface area contributed by atoms with E-state index in [9.17, 15) is 14.7 Å². The third-order valence-corrected chi connectivity index (χ3v) is 8.63. The Bertz CT molecular complexity index is 1500. The van der Waals surface area contributed by atoms with Gasteiger partial charge < -0.3 is 34.3 Å². The van der Waals surface area contributed by atoms with Crippen LogP contribution in [0.1, 0.15) is 66.3 Å². The lowest BCUT2D eigenvalue weighted by Crippen LogP contribution is -2.47. The van der Waals surface area contributed by atoms with Crippen molar-refractivity contribution in [1.82, 2.24) is 14.8 Å². The maximum atomic E-state index is 14.4. The monoisotopic (exact) mass is 646 g/mol. The molecule has 2 aliphatic rings. The lowest BCUT2D eigenvalue weighted by molar-refractivity contribution is -0.0177. The Morgan fingerprint density at radius 2 is 1.83 bits per heavy atom. The van der Waals surface area contributed by atoms with Gasteiger partial charge in [0.2, 0.25) is 6.79 Å². The molecular formula is C36H46N4O7. The van der Waals surface area contributed by atoms with Gasteiger partial charge in [-0.1, -0.05) is 13.0 Å². The average molecular weight is 647 g/mol. The van der Waals surface area contributed by atoms with Crippen LogP contribution in [-0.4, -0.2) is 90.1 Å². The third-order valence-electron chi connectivity index (χ3n) is 8.63. The molecule has 0 aliphatic carbocycles. The summed E-state index contributed by atoms with van der Waals surface area (Å²) < 4.78 is 23.8. The zero-order chi connectivity index (χ0) is 33.3. The Hall–Kier alpha value is -4.19. The number of carbonyl (C=O) groups excluding carboxylic acids is 2. The van der Waals surface area contributed by atoms with Crippen LogP contribution in [-0.2, 0) is 11.3 Å². The number of carbonyl (C=O) groups is 2. The molecule has 11 heteroatoms. The first-order valence-corrected chi connectivity index (χ1v) is 16.3. The van der Waals surface area contributed by atoms with Gasteiger partial charge in [0.25, 0.3) is 11.8 Å². The summed E-state index contributed by atoms with van der Waals surface area (Å²) >= 11 is 0. The second-order valence-electron chi connectivity index (χ2n) is 12.6. The quantitative estimate of drug-likeness (QED) is 0.349. The number of rotatable bonds is 8. The number of fused-ring (bicyclic) bond motifs is 2. The zero-order valence-corrected chi connectivity index (χ0v) is 27.7. The highest BCUT2D eigenvalue weighted by Crippen LogP contribution is 2.33. The normalized spacial score (nSPS) is 21.0. The molecule has 2 N–H and O–H groups in total. The van der Waals surface area contributed by atoms with Crippen molar-refractivity contribution in [2.24, 2.45) is 5.92 Å². The predicted octanol–water partition coefficient (Wildman–Crippen LogP) is 4.99. The van der Waals surface area contributed by atoms with Crippen molar-refractivity contribution in [2.75, 3.05) is 45.5 Å². The summed E-state index contributed by atoms with van der Waals surface area (Å²) in [5.74, 6) is 1.29. The van der Waals surface area contributed by atoms with Crippen LogP contribution >= 0.6 is 0 Å². The number of nitrogens with one attached hydrogen (secondary N) is 1. The van der Waals surface area contributed by atoms with Crippen LogP contribution in [0.5, 0.6) is 17.2 Å². The van der Waals surface area contributed by atoms with Crippen LogP contribution in [0.3, 0.4) is 0 Å². The van der Waals surface area contributed by atoms with Crippen molar-refractivity contribution in [1.29, 1.82) is 0 Å². The van der Waals surface area contributed by atoms with Gasteiger partial charge in [0, 0.05) is 55.8 Å². The van der Waals surface area contributed by atoms with E-state index in [0.29, 0.717) is 48.8 Å². The Morgan fingerprint density at radius 1 is 1.06 bits per heavy atom. The minimum atomic E-state index is -0.467. The number of hydrogen-bond donors (Lipinski definition) is 2. The van der Waals surface area contributed by atoms with E-state index in [4.69, 9.17) is 18.9 Å². The van der Waals surface area contributed by atoms with Crippen molar-refractivity contribution in [2.45, 2.75) is 64.8 Å². The maximum absolute atomic E-state index is 14.4. The van der Waals surface area contributed by atoms with E-state index in [2.05, 4.69) is 29.2 Å². The lowest BCUT2D eigenvalue weighted by atomic mass is 10.0. The van der Waals surface area contributed by atoms with E-state index in [1.54, 1.807) is 47.6 Å². The smallest absolute Gasteiger partial charge is 0.258 e. The third kappa shape index (κ3) is 9.00. The molecule has 5 rings (SSSR count). The minimum absolute atomic E-state index is 0.0621. The van der Waals surface area contributed by atoms with E-state index in [0.717, 1.165) is 36.3 Å². The SMILES string of the molecule is C[C@@H]1CN([C@@H](C)CO)C(=O)c2cc(NC(=O)c3ccncc3)ccc2O[C@@H](C)CCCCO[C@@H]1CN(C)Cc1ccc2c(c1)OCO2. The Kier molecular flexibility index (Phi) is 11.7. The van der Waals surface area contributed by atoms with Gasteiger partial charge in [0.05, 0.1) is 30.4 Å². The van der Waals surface area contributed by atoms with E-state index in [1.165, 1.54) is 0 Å². The number of hydrogen-bond acceptors (Lipinski definition) is 9. The fourth-order valence-corrected chi connectivity index (χ4v) is 5.89. The first-order chi connectivity index (χ1) is 22.7. The van der Waals surface area contributed by atoms with Gasteiger partial charge in [0.1, 0.15) is 5.75 Å². The van der Waals surface area contributed by atoms with Crippen LogP contribution in [0.25, 0.3) is 0 Å². The summed E-state index contributed by atoms with van der Waals surface area (Å²) in [6.45, 7) is 8.21. The van der Waals surface area contributed by atoms with E-state index < -0.39 is 6.04 Å². The highest BCUT2D eigenvalue weighted by Gasteiger charge is 2.30. The maximum Gasteiger partial charge on any atom is 0.258 e. The summed E-state index contributed by atoms with van der Waals surface area (Å²) in [6.07, 6.45) is 5.37. The molecular weight excluding hydrogens is 600 g/mol. The first-order valence-electron chi connectivity index (χ1n) is 16.3. The van der Waals surface area contributed by atoms with Crippen LogP contribution < -0.4 is 19.5 Å². The molecule has 0 bridgehead atoms. The molecule has 0 saturated heterocycles. The van der Waals surface area contributed by atoms with Crippen molar-refractivity contribution < 1.29 is 33.6 Å². The van der Waals surface area contributed by atoms with Crippen LogP contribution in [0.2, 0.25) is 0 Å². The average Bonchev–Trinajstić information content (AvgIpc) is 3.54. The van der Waals surface area contributed by atoms with Crippen molar-refractivity contribution in [3.8, 4) is 17.2 Å². The molecule has 1 aromatic heterocycles. The second kappa shape index (κ2) is 16.1. The lowest BCUT2D eigenvalue weighted by Gasteiger charge is -2.36. The number of likely N-dealkylation sites (N-methyl/N-ethyl adjacent to an activating group) is 1. The molecule has 3 aromatic rings. The van der Waals surface area contributed by atoms with Gasteiger partial charge in [-0.25, -0.2) is 0 Å². The molecule has 252 valence electrons. The number of anilines is 1. The molecule has 47 heavy (non-hydrogen) atoms. The minimum Gasteiger partial charge on any atom is -0.490 e. The summed E-state index contributed by atoms with van der Waals surface area (Å²) in [6, 6.07) is 13.9. The summed E-state index contributed by atoms with van der Waals surface area (Å²) in [5.41, 5.74) is 2.35. The van der Waals surface area contributed by atoms with E-state index in [-0.39, 0.29) is 43.3 Å². The van der Waals surface area contributed by atoms with Gasteiger partial charge in [-0.3, -0.25) is 19.5 Å². The number of aliphatic hydroxyl groups is 1. The number of benzene rings is 2. The van der Waals surface area contributed by atoms with Crippen LogP contribution in [0, 0.1) is 5.92 Å². The Morgan fingerprint density at radius 3 is 2.62 bits per heavy atom. The molecule has 2 amide bonds. The molecule has 0 fully saturated rings. The molecule has 0 spiro atoms. The fraction of sp³-hybridized carbons (Fsp3) is 0.472. The molecule has 2 aliphatic heterocycles. The van der Waals surface area contributed by atoms with Crippen molar-refractivity contribution in [3.63, 3.8) is 0 Å². The molecule has 4 atom stereocenters. The number of amides is 2. The van der Waals surface area contributed by atoms with E-state index in [1.807, 2.05) is 32.0 Å². The number of aromatic nitrogens is 1. The zero-order valence-electron chi connectivity index (χ0n) is 27.7. The highest BCUT2D eigenvalue weighted by molar-refractivity contribution is 6.05. The summed E-state index contributed by atoms with van der Waals surface area (Å²) in [4.78, 5) is 35.2. The van der Waals surface area contributed by atoms with Crippen LogP contribution in [0.4, 0.5) is 5.69 Å². The van der Waals surface area contributed by atoms with Crippen LogP contribution in [0.15, 0.2) is 60.9 Å². The molecule has 0 radical (unpaired) electrons. The molecule has 0 unspecified atom stereocenters. The molecule has 11 nitrogen and oxygen atoms in total. The van der Waals surface area contributed by atoms with Gasteiger partial charge >= 0.3 is 0 Å².